The van der Waals surface area contributed by atoms with Crippen LogP contribution in [0.25, 0.3) is 22.5 Å². The van der Waals surface area contributed by atoms with Gasteiger partial charge in [-0.3, -0.25) is 9.47 Å². The quantitative estimate of drug-likeness (QED) is 0.299. The van der Waals surface area contributed by atoms with E-state index in [0.717, 1.165) is 5.56 Å². The lowest BCUT2D eigenvalue weighted by Gasteiger charge is -2.25. The van der Waals surface area contributed by atoms with Crippen LogP contribution in [0, 0.1) is 6.92 Å². The minimum Gasteiger partial charge on any atom is -0.489 e. The fraction of sp³-hybridized carbons (Fsp3) is 0.226. The smallest absolute Gasteiger partial charge is 0.414 e. The highest BCUT2D eigenvalue weighted by Gasteiger charge is 2.23. The maximum absolute atomic E-state index is 13.9. The minimum atomic E-state index is -0.650. The molecule has 0 aliphatic rings. The number of nitrogen functional groups attached to an aromatic ring is 1. The maximum atomic E-state index is 13.9. The summed E-state index contributed by atoms with van der Waals surface area (Å²) in [7, 11) is 1.61. The first kappa shape index (κ1) is 27.4. The molecule has 2 heterocycles. The fourth-order valence-corrected chi connectivity index (χ4v) is 4.46. The average Bonchev–Trinajstić information content (AvgIpc) is 3.24. The molecular weight excluding hydrogens is 520 g/mol. The largest absolute Gasteiger partial charge is 0.489 e. The van der Waals surface area contributed by atoms with Gasteiger partial charge in [-0.05, 0) is 75.7 Å². The second-order valence-electron chi connectivity index (χ2n) is 10.7. The number of ether oxygens (including phenoxy) is 2. The molecule has 10 nitrogen and oxygen atoms in total. The van der Waals surface area contributed by atoms with Crippen molar-refractivity contribution < 1.29 is 14.3 Å². The molecule has 0 saturated heterocycles. The normalized spacial score (nSPS) is 11.4. The summed E-state index contributed by atoms with van der Waals surface area (Å²) < 4.78 is 14.4. The van der Waals surface area contributed by atoms with Gasteiger partial charge in [-0.25, -0.2) is 24.1 Å². The van der Waals surface area contributed by atoms with Gasteiger partial charge in [0.25, 0.3) is 0 Å². The Hall–Kier alpha value is -5.12. The van der Waals surface area contributed by atoms with Crippen molar-refractivity contribution in [3.8, 4) is 17.1 Å². The van der Waals surface area contributed by atoms with Crippen LogP contribution in [0.3, 0.4) is 0 Å². The highest BCUT2D eigenvalue weighted by Crippen LogP contribution is 2.26. The van der Waals surface area contributed by atoms with Crippen LogP contribution < -0.4 is 21.1 Å². The summed E-state index contributed by atoms with van der Waals surface area (Å²) in [6.45, 7) is 7.87. The van der Waals surface area contributed by atoms with Crippen LogP contribution in [0.1, 0.15) is 31.9 Å². The zero-order valence-electron chi connectivity index (χ0n) is 23.7. The molecule has 1 amide bonds. The first-order valence-corrected chi connectivity index (χ1v) is 13.1. The third kappa shape index (κ3) is 5.76. The number of hydrogen-bond donors (Lipinski definition) is 1. The number of nitrogens with two attached hydrogens (primary N) is 1. The third-order valence-corrected chi connectivity index (χ3v) is 6.37. The SMILES string of the molecule is Cc1cccc(COc2ccc(-n3c(=O)n(-c4cccc(N(C)C(=O)OC(C)(C)C)c4)c4ncnc(N)c43)cc2)c1. The lowest BCUT2D eigenvalue weighted by molar-refractivity contribution is 0.0589. The lowest BCUT2D eigenvalue weighted by atomic mass is 10.1. The molecular formula is C31H32N6O4. The molecule has 41 heavy (non-hydrogen) atoms. The summed E-state index contributed by atoms with van der Waals surface area (Å²) >= 11 is 0. The number of amides is 1. The lowest BCUT2D eigenvalue weighted by Crippen LogP contribution is -2.34. The van der Waals surface area contributed by atoms with Crippen molar-refractivity contribution in [1.82, 2.24) is 19.1 Å². The number of imidazole rings is 1. The zero-order chi connectivity index (χ0) is 29.3. The number of nitrogens with zero attached hydrogens (tertiary/aromatic N) is 5. The Bertz CT molecular complexity index is 1780. The van der Waals surface area contributed by atoms with E-state index >= 15 is 0 Å². The first-order chi connectivity index (χ1) is 19.5. The molecule has 5 rings (SSSR count). The number of aryl methyl sites for hydroxylation is 1. The van der Waals surface area contributed by atoms with E-state index in [0.29, 0.717) is 40.6 Å². The third-order valence-electron chi connectivity index (χ3n) is 6.37. The summed E-state index contributed by atoms with van der Waals surface area (Å²) in [6.07, 6.45) is 0.803. The van der Waals surface area contributed by atoms with Crippen LogP contribution in [0.4, 0.5) is 16.3 Å². The number of hydrogen-bond acceptors (Lipinski definition) is 7. The van der Waals surface area contributed by atoms with Crippen molar-refractivity contribution >= 4 is 28.8 Å². The molecule has 2 aromatic heterocycles. The Morgan fingerprint density at radius 3 is 2.39 bits per heavy atom. The minimum absolute atomic E-state index is 0.160. The Labute approximate surface area is 237 Å². The molecule has 0 aliphatic heterocycles. The molecule has 210 valence electrons. The monoisotopic (exact) mass is 552 g/mol. The van der Waals surface area contributed by atoms with E-state index in [9.17, 15) is 9.59 Å². The van der Waals surface area contributed by atoms with Gasteiger partial charge >= 0.3 is 11.8 Å². The summed E-state index contributed by atoms with van der Waals surface area (Å²) in [5, 5.41) is 0. The van der Waals surface area contributed by atoms with E-state index in [1.165, 1.54) is 25.9 Å². The molecule has 0 fully saturated rings. The Morgan fingerprint density at radius 1 is 0.951 bits per heavy atom. The molecule has 0 atom stereocenters. The molecule has 0 spiro atoms. The topological polar surface area (TPSA) is 118 Å². The molecule has 0 unspecified atom stereocenters. The number of rotatable bonds is 6. The van der Waals surface area contributed by atoms with Gasteiger partial charge in [0.15, 0.2) is 11.5 Å². The van der Waals surface area contributed by atoms with Gasteiger partial charge in [0.1, 0.15) is 29.8 Å². The van der Waals surface area contributed by atoms with Gasteiger partial charge in [0, 0.05) is 12.7 Å². The molecule has 10 heteroatoms. The van der Waals surface area contributed by atoms with Gasteiger partial charge in [0.05, 0.1) is 11.4 Å². The Balaban J connectivity index is 1.51. The van der Waals surface area contributed by atoms with Gasteiger partial charge in [-0.1, -0.05) is 35.9 Å². The van der Waals surface area contributed by atoms with E-state index in [1.807, 2.05) is 25.1 Å². The van der Waals surface area contributed by atoms with Crippen molar-refractivity contribution in [2.24, 2.45) is 0 Å². The van der Waals surface area contributed by atoms with Gasteiger partial charge in [0.2, 0.25) is 0 Å². The number of anilines is 2. The van der Waals surface area contributed by atoms with Crippen molar-refractivity contribution in [3.63, 3.8) is 0 Å². The van der Waals surface area contributed by atoms with Crippen LogP contribution in [0.5, 0.6) is 5.75 Å². The van der Waals surface area contributed by atoms with E-state index in [1.54, 1.807) is 76.3 Å². The van der Waals surface area contributed by atoms with Crippen LogP contribution >= 0.6 is 0 Å². The van der Waals surface area contributed by atoms with E-state index in [4.69, 9.17) is 15.2 Å². The number of fused-ring (bicyclic) bond motifs is 1. The molecule has 0 radical (unpaired) electrons. The molecule has 3 aromatic carbocycles. The second kappa shape index (κ2) is 10.8. The second-order valence-corrected chi connectivity index (χ2v) is 10.7. The van der Waals surface area contributed by atoms with Crippen molar-refractivity contribution in [2.45, 2.75) is 39.9 Å². The Morgan fingerprint density at radius 2 is 1.68 bits per heavy atom. The van der Waals surface area contributed by atoms with Crippen molar-refractivity contribution in [2.75, 3.05) is 17.7 Å². The molecule has 0 saturated carbocycles. The fourth-order valence-electron chi connectivity index (χ4n) is 4.46. The predicted molar refractivity (Wildman–Crippen MR) is 159 cm³/mol. The molecule has 2 N–H and O–H groups in total. The van der Waals surface area contributed by atoms with Gasteiger partial charge in [-0.15, -0.1) is 0 Å². The summed E-state index contributed by atoms with van der Waals surface area (Å²) in [4.78, 5) is 36.5. The highest BCUT2D eigenvalue weighted by molar-refractivity contribution is 5.88. The summed E-state index contributed by atoms with van der Waals surface area (Å²) in [5.41, 5.74) is 9.78. The van der Waals surface area contributed by atoms with Crippen LogP contribution in [0.2, 0.25) is 0 Å². The van der Waals surface area contributed by atoms with E-state index in [2.05, 4.69) is 16.0 Å². The van der Waals surface area contributed by atoms with E-state index < -0.39 is 17.4 Å². The number of benzene rings is 3. The van der Waals surface area contributed by atoms with Crippen LogP contribution in [-0.2, 0) is 11.3 Å². The number of aromatic nitrogens is 4. The van der Waals surface area contributed by atoms with Crippen molar-refractivity contribution in [3.05, 3.63) is 101 Å². The first-order valence-electron chi connectivity index (χ1n) is 13.1. The summed E-state index contributed by atoms with van der Waals surface area (Å²) in [5.74, 6) is 0.821. The van der Waals surface area contributed by atoms with E-state index in [-0.39, 0.29) is 5.82 Å². The maximum Gasteiger partial charge on any atom is 0.414 e. The zero-order valence-corrected chi connectivity index (χ0v) is 23.7. The molecule has 0 bridgehead atoms. The van der Waals surface area contributed by atoms with Gasteiger partial charge in [-0.2, -0.15) is 0 Å². The van der Waals surface area contributed by atoms with Crippen LogP contribution in [-0.4, -0.2) is 37.8 Å². The Kier molecular flexibility index (Phi) is 7.23. The van der Waals surface area contributed by atoms with Gasteiger partial charge < -0.3 is 15.2 Å². The average molecular weight is 553 g/mol. The number of carbonyl (C=O) groups is 1. The highest BCUT2D eigenvalue weighted by atomic mass is 16.6. The van der Waals surface area contributed by atoms with Crippen molar-refractivity contribution in [1.29, 1.82) is 0 Å². The molecule has 5 aromatic rings. The standard InChI is InChI=1S/C31H32N6O4/c1-20-8-6-9-21(16-20)18-40-25-14-12-22(13-15-25)36-26-27(32)33-19-34-28(26)37(29(36)38)24-11-7-10-23(17-24)35(5)30(39)41-31(2,3)4/h6-17,19H,18H2,1-5H3,(H2,32,33,34). The van der Waals surface area contributed by atoms with Crippen LogP contribution in [0.15, 0.2) is 83.9 Å². The summed E-state index contributed by atoms with van der Waals surface area (Å²) in [6, 6.07) is 22.3. The number of carbonyl (C=O) groups excluding carboxylic acids is 1. The molecule has 0 aliphatic carbocycles. The predicted octanol–water partition coefficient (Wildman–Crippen LogP) is 5.41.